The molecule has 0 spiro atoms. The van der Waals surface area contributed by atoms with Gasteiger partial charge in [-0.05, 0) is 0 Å². The zero-order valence-electron chi connectivity index (χ0n) is 12.2. The van der Waals surface area contributed by atoms with Gasteiger partial charge in [-0.3, -0.25) is 10.8 Å². The summed E-state index contributed by atoms with van der Waals surface area (Å²) in [7, 11) is 0. The van der Waals surface area contributed by atoms with Gasteiger partial charge in [-0.1, -0.05) is 60.7 Å². The van der Waals surface area contributed by atoms with Crippen molar-refractivity contribution in [2.24, 2.45) is 0 Å². The summed E-state index contributed by atoms with van der Waals surface area (Å²) < 4.78 is 0. The van der Waals surface area contributed by atoms with Gasteiger partial charge >= 0.3 is 37.7 Å². The number of hydrogen-bond acceptors (Lipinski definition) is 0. The quantitative estimate of drug-likeness (QED) is 0.417. The molecular weight excluding hydrogens is 230 g/mol. The van der Waals surface area contributed by atoms with E-state index in [2.05, 4.69) is 60.7 Å². The zero-order valence-corrected chi connectivity index (χ0v) is 12.2. The van der Waals surface area contributed by atoms with Crippen LogP contribution in [0.1, 0.15) is 24.0 Å². The van der Waals surface area contributed by atoms with Gasteiger partial charge in [-0.15, -0.1) is 11.1 Å². The van der Waals surface area contributed by atoms with Crippen LogP contribution in [-0.4, -0.2) is 0 Å². The van der Waals surface area contributed by atoms with Gasteiger partial charge in [-0.25, -0.2) is 12.8 Å². The summed E-state index contributed by atoms with van der Waals surface area (Å²) in [5.74, 6) is 3.56. The molecule has 2 heteroatoms. The Balaban J connectivity index is 0.000000605. The molecule has 0 atom stereocenters. The number of benzene rings is 2. The van der Waals surface area contributed by atoms with Crippen LogP contribution in [0.4, 0.5) is 0 Å². The van der Waals surface area contributed by atoms with Crippen molar-refractivity contribution in [3.8, 4) is 0 Å². The monoisotopic (exact) mass is 244 g/mol. The van der Waals surface area contributed by atoms with Crippen molar-refractivity contribution < 1.29 is 37.7 Å². The van der Waals surface area contributed by atoms with E-state index in [4.69, 9.17) is 0 Å². The maximum absolute atomic E-state index is 2.30. The van der Waals surface area contributed by atoms with Crippen LogP contribution >= 0.6 is 0 Å². The van der Waals surface area contributed by atoms with Gasteiger partial charge in [0.15, 0.2) is 0 Å². The van der Waals surface area contributed by atoms with Crippen LogP contribution in [0.2, 0.25) is 0 Å². The van der Waals surface area contributed by atoms with Crippen LogP contribution in [0.3, 0.4) is 0 Å². The van der Waals surface area contributed by atoms with E-state index < -0.39 is 0 Å². The number of hydrogen-bond donors (Lipinski definition) is 0. The molecule has 3 fully saturated rings. The smallest absolute Gasteiger partial charge is 0.360 e. The predicted molar refractivity (Wildman–Crippen MR) is 72.0 cm³/mol. The fraction of sp³-hybridized carbons (Fsp3) is 0.222. The minimum atomic E-state index is 0. The minimum absolute atomic E-state index is 0. The van der Waals surface area contributed by atoms with Crippen LogP contribution in [0.25, 0.3) is 0 Å². The van der Waals surface area contributed by atoms with Gasteiger partial charge in [0.05, 0.1) is 0 Å². The molecule has 0 aliphatic heterocycles. The fourth-order valence-corrected chi connectivity index (χ4v) is 4.33. The van der Waals surface area contributed by atoms with Crippen molar-refractivity contribution in [1.29, 1.82) is 0 Å². The zero-order chi connectivity index (χ0) is 11.8. The minimum Gasteiger partial charge on any atom is -0.360 e. The summed E-state index contributed by atoms with van der Waals surface area (Å²) in [6.45, 7) is 0. The Morgan fingerprint density at radius 3 is 1.30 bits per heavy atom. The molecule has 20 heavy (non-hydrogen) atoms. The third-order valence-electron chi connectivity index (χ3n) is 5.23. The first-order chi connectivity index (χ1) is 8.89. The van der Waals surface area contributed by atoms with E-state index in [9.17, 15) is 0 Å². The fourth-order valence-electron chi connectivity index (χ4n) is 4.33. The molecule has 3 aliphatic rings. The van der Waals surface area contributed by atoms with Gasteiger partial charge in [0.25, 0.3) is 0 Å². The molecule has 0 N–H and O–H groups in total. The van der Waals surface area contributed by atoms with Crippen molar-refractivity contribution in [2.75, 3.05) is 0 Å². The second-order valence-electron chi connectivity index (χ2n) is 5.85. The van der Waals surface area contributed by atoms with E-state index >= 15 is 0 Å². The topological polar surface area (TPSA) is 0 Å². The molecule has 0 bridgehead atoms. The van der Waals surface area contributed by atoms with E-state index in [0.717, 1.165) is 0 Å². The van der Waals surface area contributed by atoms with Gasteiger partial charge < -0.3 is 11.8 Å². The van der Waals surface area contributed by atoms with Crippen molar-refractivity contribution in [3.05, 3.63) is 83.6 Å². The maximum atomic E-state index is 2.30. The number of rotatable bonds is 2. The third-order valence-corrected chi connectivity index (χ3v) is 5.23. The summed E-state index contributed by atoms with van der Waals surface area (Å²) in [5, 5.41) is 0. The Hall–Kier alpha value is -0.365. The average molecular weight is 244 g/mol. The Labute approximate surface area is 144 Å². The van der Waals surface area contributed by atoms with Crippen molar-refractivity contribution in [3.63, 3.8) is 0 Å². The van der Waals surface area contributed by atoms with Gasteiger partial charge in [-0.2, -0.15) is 0 Å². The molecule has 0 heterocycles. The Bertz CT molecular complexity index is 555. The Morgan fingerprint density at radius 2 is 0.950 bits per heavy atom. The van der Waals surface area contributed by atoms with Crippen molar-refractivity contribution >= 4 is 0 Å². The summed E-state index contributed by atoms with van der Waals surface area (Å²) in [6.07, 6.45) is 2.61. The van der Waals surface area contributed by atoms with Crippen LogP contribution in [-0.2, 0) is 10.8 Å². The predicted octanol–water partition coefficient (Wildman–Crippen LogP) is -2.16. The van der Waals surface area contributed by atoms with Gasteiger partial charge in [0.1, 0.15) is 0 Å². The first kappa shape index (κ1) is 14.6. The molecule has 0 radical (unpaired) electrons. The van der Waals surface area contributed by atoms with Crippen molar-refractivity contribution in [1.82, 2.24) is 0 Å². The molecule has 3 saturated carbocycles. The van der Waals surface area contributed by atoms with E-state index in [-0.39, 0.29) is 37.7 Å². The average Bonchev–Trinajstić information content (AvgIpc) is 3.30. The van der Waals surface area contributed by atoms with Crippen LogP contribution in [0.5, 0.6) is 0 Å². The molecule has 2 aromatic carbocycles. The van der Waals surface area contributed by atoms with E-state index in [0.29, 0.717) is 10.8 Å². The van der Waals surface area contributed by atoms with E-state index in [1.54, 1.807) is 11.8 Å². The molecule has 0 nitrogen and oxygen atoms in total. The van der Waals surface area contributed by atoms with E-state index in [1.807, 2.05) is 0 Å². The van der Waals surface area contributed by atoms with E-state index in [1.165, 1.54) is 24.0 Å². The standard InChI is InChI=1S/C18H14.2Li/c1-3-7-13(8-4-1)17-11-15(17)18(12-16(17)18)14-9-5-2-6-10-14;;/h1-10H,11-12H2;;/q-2;2*+1. The Kier molecular flexibility index (Phi) is 3.32. The summed E-state index contributed by atoms with van der Waals surface area (Å²) in [5.41, 5.74) is 3.88. The molecule has 5 rings (SSSR count). The Morgan fingerprint density at radius 1 is 0.600 bits per heavy atom. The maximum Gasteiger partial charge on any atom is 1.00 e. The molecule has 0 unspecified atom stereocenters. The first-order valence-electron chi connectivity index (χ1n) is 6.74. The molecule has 88 valence electrons. The second kappa shape index (κ2) is 4.56. The molecular formula is C18H14Li2. The molecule has 3 aliphatic carbocycles. The largest absolute Gasteiger partial charge is 1.00 e. The summed E-state index contributed by atoms with van der Waals surface area (Å²) in [6, 6.07) is 22.1. The molecule has 2 aromatic rings. The van der Waals surface area contributed by atoms with Gasteiger partial charge in [0.2, 0.25) is 0 Å². The van der Waals surface area contributed by atoms with Crippen LogP contribution in [0, 0.1) is 11.8 Å². The molecule has 0 saturated heterocycles. The summed E-state index contributed by atoms with van der Waals surface area (Å²) in [4.78, 5) is 0. The summed E-state index contributed by atoms with van der Waals surface area (Å²) >= 11 is 0. The number of fused-ring (bicyclic) bond motifs is 4. The third kappa shape index (κ3) is 1.47. The first-order valence-corrected chi connectivity index (χ1v) is 6.74. The van der Waals surface area contributed by atoms with Crippen LogP contribution < -0.4 is 37.7 Å². The van der Waals surface area contributed by atoms with Crippen LogP contribution in [0.15, 0.2) is 60.7 Å². The second-order valence-corrected chi connectivity index (χ2v) is 5.85. The normalized spacial score (nSPS) is 32.8. The molecule has 0 aromatic heterocycles. The van der Waals surface area contributed by atoms with Gasteiger partial charge in [0, 0.05) is 0 Å². The SMILES string of the molecule is [Li+].[Li+].c1ccc(C23C[C-]2C2(c4ccccc4)C[C-]32)cc1. The molecule has 0 amide bonds. The van der Waals surface area contributed by atoms with Crippen molar-refractivity contribution in [2.45, 2.75) is 23.7 Å².